The highest BCUT2D eigenvalue weighted by atomic mass is 32.2. The van der Waals surface area contributed by atoms with Gasteiger partial charge in [-0.1, -0.05) is 6.92 Å². The zero-order valence-electron chi connectivity index (χ0n) is 7.77. The number of nitrogens with one attached hydrogen (secondary N) is 2. The average Bonchev–Trinajstić information content (AvgIpc) is 2.67. The van der Waals surface area contributed by atoms with Crippen molar-refractivity contribution in [1.29, 1.82) is 0 Å². The number of hydrogen-bond donors (Lipinski definition) is 3. The molecule has 6 nitrogen and oxygen atoms in total. The molecule has 0 amide bonds. The summed E-state index contributed by atoms with van der Waals surface area (Å²) < 4.78 is 25.4. The van der Waals surface area contributed by atoms with Crippen LogP contribution in [0.1, 0.15) is 13.3 Å². The number of rotatable bonds is 5. The van der Waals surface area contributed by atoms with Crippen LogP contribution in [-0.2, 0) is 10.0 Å². The molecule has 1 heterocycles. The van der Waals surface area contributed by atoms with Crippen LogP contribution in [0.4, 0.5) is 0 Å². The van der Waals surface area contributed by atoms with Gasteiger partial charge in [-0.05, 0) is 6.42 Å². The van der Waals surface area contributed by atoms with Gasteiger partial charge in [0.15, 0.2) is 0 Å². The Labute approximate surface area is 82.4 Å². The maximum absolute atomic E-state index is 11.5. The summed E-state index contributed by atoms with van der Waals surface area (Å²) in [4.78, 5) is 0.0735. The first kappa shape index (κ1) is 11.2. The SMILES string of the molecule is CCC(CO)NS(=O)(=O)c1cn[nH]c1. The van der Waals surface area contributed by atoms with Gasteiger partial charge in [0.05, 0.1) is 12.8 Å². The maximum Gasteiger partial charge on any atom is 0.244 e. The van der Waals surface area contributed by atoms with E-state index in [2.05, 4.69) is 14.9 Å². The molecule has 14 heavy (non-hydrogen) atoms. The van der Waals surface area contributed by atoms with Gasteiger partial charge in [0.1, 0.15) is 4.90 Å². The highest BCUT2D eigenvalue weighted by molar-refractivity contribution is 7.89. The van der Waals surface area contributed by atoms with E-state index in [1.54, 1.807) is 6.92 Å². The molecule has 0 fully saturated rings. The second-order valence-electron chi connectivity index (χ2n) is 2.84. The fourth-order valence-corrected chi connectivity index (χ4v) is 2.14. The zero-order valence-corrected chi connectivity index (χ0v) is 8.58. The van der Waals surface area contributed by atoms with E-state index in [-0.39, 0.29) is 11.5 Å². The monoisotopic (exact) mass is 219 g/mol. The lowest BCUT2D eigenvalue weighted by molar-refractivity contribution is 0.254. The van der Waals surface area contributed by atoms with Crippen molar-refractivity contribution in [2.75, 3.05) is 6.61 Å². The number of aliphatic hydroxyl groups is 1. The van der Waals surface area contributed by atoms with E-state index in [1.807, 2.05) is 0 Å². The molecule has 1 aromatic rings. The smallest absolute Gasteiger partial charge is 0.244 e. The molecule has 80 valence electrons. The lowest BCUT2D eigenvalue weighted by Gasteiger charge is -2.12. The summed E-state index contributed by atoms with van der Waals surface area (Å²) in [6, 6.07) is -0.449. The van der Waals surface area contributed by atoms with Gasteiger partial charge in [-0.2, -0.15) is 5.10 Å². The van der Waals surface area contributed by atoms with Crippen molar-refractivity contribution in [3.8, 4) is 0 Å². The largest absolute Gasteiger partial charge is 0.395 e. The van der Waals surface area contributed by atoms with E-state index in [0.29, 0.717) is 6.42 Å². The van der Waals surface area contributed by atoms with E-state index in [1.165, 1.54) is 12.4 Å². The van der Waals surface area contributed by atoms with Crippen molar-refractivity contribution < 1.29 is 13.5 Å². The normalized spacial score (nSPS) is 14.1. The molecule has 1 atom stereocenters. The minimum Gasteiger partial charge on any atom is -0.395 e. The highest BCUT2D eigenvalue weighted by Gasteiger charge is 2.18. The molecule has 1 aromatic heterocycles. The minimum absolute atomic E-state index is 0.0735. The van der Waals surface area contributed by atoms with Crippen molar-refractivity contribution in [3.63, 3.8) is 0 Å². The summed E-state index contributed by atoms with van der Waals surface area (Å²) >= 11 is 0. The van der Waals surface area contributed by atoms with Crippen LogP contribution in [0.2, 0.25) is 0 Å². The topological polar surface area (TPSA) is 95.1 Å². The van der Waals surface area contributed by atoms with Crippen LogP contribution in [0.3, 0.4) is 0 Å². The first-order valence-electron chi connectivity index (χ1n) is 4.22. The van der Waals surface area contributed by atoms with Crippen molar-refractivity contribution in [2.45, 2.75) is 24.3 Å². The Bertz CT molecular complexity index is 356. The Kier molecular flexibility index (Phi) is 3.62. The Hall–Kier alpha value is -0.920. The second kappa shape index (κ2) is 4.54. The van der Waals surface area contributed by atoms with Crippen molar-refractivity contribution >= 4 is 10.0 Å². The Morgan fingerprint density at radius 2 is 2.43 bits per heavy atom. The van der Waals surface area contributed by atoms with Gasteiger partial charge in [-0.25, -0.2) is 13.1 Å². The van der Waals surface area contributed by atoms with E-state index in [4.69, 9.17) is 5.11 Å². The third kappa shape index (κ3) is 2.53. The lowest BCUT2D eigenvalue weighted by atomic mass is 10.3. The number of aromatic amines is 1. The van der Waals surface area contributed by atoms with Gasteiger partial charge in [0.25, 0.3) is 0 Å². The van der Waals surface area contributed by atoms with Gasteiger partial charge in [0, 0.05) is 12.2 Å². The molecule has 7 heteroatoms. The van der Waals surface area contributed by atoms with Crippen LogP contribution < -0.4 is 4.72 Å². The minimum atomic E-state index is -3.54. The van der Waals surface area contributed by atoms with Gasteiger partial charge in [-0.3, -0.25) is 5.10 Å². The van der Waals surface area contributed by atoms with E-state index < -0.39 is 16.1 Å². The molecule has 0 saturated carbocycles. The average molecular weight is 219 g/mol. The van der Waals surface area contributed by atoms with Crippen LogP contribution in [-0.4, -0.2) is 36.4 Å². The molecule has 3 N–H and O–H groups in total. The molecule has 0 aromatic carbocycles. The summed E-state index contributed by atoms with van der Waals surface area (Å²) in [7, 11) is -3.54. The van der Waals surface area contributed by atoms with E-state index >= 15 is 0 Å². The number of aliphatic hydroxyl groups excluding tert-OH is 1. The predicted octanol–water partition coefficient (Wildman–Crippen LogP) is -0.541. The third-order valence-corrected chi connectivity index (χ3v) is 3.31. The fraction of sp³-hybridized carbons (Fsp3) is 0.571. The number of aromatic nitrogens is 2. The molecule has 0 spiro atoms. The van der Waals surface area contributed by atoms with Gasteiger partial charge < -0.3 is 5.11 Å². The Balaban J connectivity index is 2.77. The van der Waals surface area contributed by atoms with Crippen molar-refractivity contribution in [1.82, 2.24) is 14.9 Å². The molecule has 1 unspecified atom stereocenters. The lowest BCUT2D eigenvalue weighted by Crippen LogP contribution is -2.36. The second-order valence-corrected chi connectivity index (χ2v) is 4.56. The molecule has 0 radical (unpaired) electrons. The first-order chi connectivity index (χ1) is 6.60. The Morgan fingerprint density at radius 3 is 2.86 bits per heavy atom. The molecular weight excluding hydrogens is 206 g/mol. The summed E-state index contributed by atoms with van der Waals surface area (Å²) in [5.74, 6) is 0. The molecule has 0 aliphatic rings. The number of sulfonamides is 1. The van der Waals surface area contributed by atoms with Crippen LogP contribution in [0.15, 0.2) is 17.3 Å². The number of nitrogens with zero attached hydrogens (tertiary/aromatic N) is 1. The standard InChI is InChI=1S/C7H13N3O3S/c1-2-6(5-11)10-14(12,13)7-3-8-9-4-7/h3-4,6,10-11H,2,5H2,1H3,(H,8,9). The molecule has 0 aliphatic carbocycles. The van der Waals surface area contributed by atoms with Crippen molar-refractivity contribution in [2.24, 2.45) is 0 Å². The summed E-state index contributed by atoms with van der Waals surface area (Å²) in [5, 5.41) is 14.8. The molecular formula is C7H13N3O3S. The van der Waals surface area contributed by atoms with Crippen LogP contribution in [0, 0.1) is 0 Å². The predicted molar refractivity (Wildman–Crippen MR) is 50.1 cm³/mol. The molecule has 1 rings (SSSR count). The Morgan fingerprint density at radius 1 is 1.71 bits per heavy atom. The first-order valence-corrected chi connectivity index (χ1v) is 5.70. The van der Waals surface area contributed by atoms with Gasteiger partial charge in [-0.15, -0.1) is 0 Å². The summed E-state index contributed by atoms with van der Waals surface area (Å²) in [6.07, 6.45) is 3.03. The summed E-state index contributed by atoms with van der Waals surface area (Å²) in [6.45, 7) is 1.58. The van der Waals surface area contributed by atoms with Crippen LogP contribution in [0.5, 0.6) is 0 Å². The molecule has 0 aliphatic heterocycles. The quantitative estimate of drug-likeness (QED) is 0.619. The highest BCUT2D eigenvalue weighted by Crippen LogP contribution is 2.06. The van der Waals surface area contributed by atoms with Gasteiger partial charge in [0.2, 0.25) is 10.0 Å². The van der Waals surface area contributed by atoms with E-state index in [9.17, 15) is 8.42 Å². The van der Waals surface area contributed by atoms with Crippen LogP contribution in [0.25, 0.3) is 0 Å². The number of H-pyrrole nitrogens is 1. The van der Waals surface area contributed by atoms with E-state index in [0.717, 1.165) is 0 Å². The molecule has 0 bridgehead atoms. The van der Waals surface area contributed by atoms with Gasteiger partial charge >= 0.3 is 0 Å². The molecule has 0 saturated heterocycles. The van der Waals surface area contributed by atoms with Crippen molar-refractivity contribution in [3.05, 3.63) is 12.4 Å². The maximum atomic E-state index is 11.5. The number of hydrogen-bond acceptors (Lipinski definition) is 4. The third-order valence-electron chi connectivity index (χ3n) is 1.82. The zero-order chi connectivity index (χ0) is 10.6. The fourth-order valence-electron chi connectivity index (χ4n) is 0.923. The van der Waals surface area contributed by atoms with Crippen LogP contribution >= 0.6 is 0 Å². The summed E-state index contributed by atoms with van der Waals surface area (Å²) in [5.41, 5.74) is 0.